The highest BCUT2D eigenvalue weighted by Crippen LogP contribution is 2.19. The van der Waals surface area contributed by atoms with Crippen LogP contribution >= 0.6 is 21.6 Å². The van der Waals surface area contributed by atoms with E-state index < -0.39 is 5.97 Å². The fourth-order valence-electron chi connectivity index (χ4n) is 3.71. The van der Waals surface area contributed by atoms with Crippen molar-refractivity contribution in [2.75, 3.05) is 44.9 Å². The van der Waals surface area contributed by atoms with Gasteiger partial charge in [-0.1, -0.05) is 92.0 Å². The van der Waals surface area contributed by atoms with E-state index in [1.54, 1.807) is 21.6 Å². The van der Waals surface area contributed by atoms with Crippen LogP contribution in [0.15, 0.2) is 12.2 Å². The van der Waals surface area contributed by atoms with E-state index >= 15 is 0 Å². The minimum Gasteiger partial charge on any atom is -0.466 e. The molecular weight excluding hydrogens is 532 g/mol. The van der Waals surface area contributed by atoms with Gasteiger partial charge in [0.15, 0.2) is 0 Å². The number of hydrogen-bond acceptors (Lipinski definition) is 8. The first-order chi connectivity index (χ1) is 19.1. The van der Waals surface area contributed by atoms with Gasteiger partial charge in [-0.2, -0.15) is 0 Å². The molecule has 0 unspecified atom stereocenters. The van der Waals surface area contributed by atoms with Gasteiger partial charge in [-0.05, 0) is 39.2 Å². The molecule has 0 saturated carbocycles. The van der Waals surface area contributed by atoms with Crippen molar-refractivity contribution in [2.45, 2.75) is 116 Å². The van der Waals surface area contributed by atoms with E-state index in [4.69, 9.17) is 9.47 Å². The van der Waals surface area contributed by atoms with Crippen LogP contribution in [0.5, 0.6) is 0 Å². The summed E-state index contributed by atoms with van der Waals surface area (Å²) in [7, 11) is 5.42. The zero-order chi connectivity index (χ0) is 28.7. The molecule has 0 radical (unpaired) electrons. The molecule has 0 aliphatic rings. The van der Waals surface area contributed by atoms with Gasteiger partial charge in [0.1, 0.15) is 0 Å². The van der Waals surface area contributed by atoms with E-state index in [0.717, 1.165) is 43.7 Å². The number of rotatable bonds is 29. The highest BCUT2D eigenvalue weighted by Gasteiger charge is 2.08. The zero-order valence-electron chi connectivity index (χ0n) is 24.8. The maximum atomic E-state index is 11.8. The Hall–Kier alpha value is -1.19. The quantitative estimate of drug-likeness (QED) is 0.0418. The number of carbonyl (C=O) groups excluding carboxylic acids is 3. The zero-order valence-corrected chi connectivity index (χ0v) is 26.4. The Morgan fingerprint density at radius 1 is 0.641 bits per heavy atom. The summed E-state index contributed by atoms with van der Waals surface area (Å²) in [6, 6.07) is 0. The fourth-order valence-corrected chi connectivity index (χ4v) is 5.63. The van der Waals surface area contributed by atoms with Crippen LogP contribution in [0.25, 0.3) is 0 Å². The highest BCUT2D eigenvalue weighted by molar-refractivity contribution is 8.76. The van der Waals surface area contributed by atoms with E-state index in [1.165, 1.54) is 57.8 Å². The molecule has 0 fully saturated rings. The lowest BCUT2D eigenvalue weighted by Crippen LogP contribution is -2.26. The SMILES string of the molecule is CCCCCCCC/C=C\CCCCCCCC(=O)OCCCOC(=O)CCC(=O)NCCSSCCNC. The Balaban J connectivity index is 3.40. The molecule has 228 valence electrons. The van der Waals surface area contributed by atoms with E-state index in [-0.39, 0.29) is 37.9 Å². The lowest BCUT2D eigenvalue weighted by molar-refractivity contribution is -0.147. The van der Waals surface area contributed by atoms with Crippen LogP contribution in [0.2, 0.25) is 0 Å². The summed E-state index contributed by atoms with van der Waals surface area (Å²) in [5, 5.41) is 5.89. The second-order valence-electron chi connectivity index (χ2n) is 9.73. The van der Waals surface area contributed by atoms with Gasteiger partial charge in [-0.25, -0.2) is 0 Å². The van der Waals surface area contributed by atoms with Gasteiger partial charge in [-0.3, -0.25) is 14.4 Å². The summed E-state index contributed by atoms with van der Waals surface area (Å²) >= 11 is 0. The number of nitrogens with one attached hydrogen (secondary N) is 2. The first-order valence-corrected chi connectivity index (χ1v) is 17.7. The van der Waals surface area contributed by atoms with Crippen LogP contribution in [-0.4, -0.2) is 62.7 Å². The Morgan fingerprint density at radius 3 is 1.79 bits per heavy atom. The van der Waals surface area contributed by atoms with Crippen molar-refractivity contribution in [3.05, 3.63) is 12.2 Å². The summed E-state index contributed by atoms with van der Waals surface area (Å²) in [5.74, 6) is 1.13. The minimum atomic E-state index is -0.401. The molecule has 9 heteroatoms. The van der Waals surface area contributed by atoms with E-state index in [1.807, 2.05) is 7.05 Å². The van der Waals surface area contributed by atoms with Crippen molar-refractivity contribution in [1.82, 2.24) is 10.6 Å². The lowest BCUT2D eigenvalue weighted by Gasteiger charge is -2.07. The van der Waals surface area contributed by atoms with Crippen LogP contribution in [0.1, 0.15) is 116 Å². The van der Waals surface area contributed by atoms with Gasteiger partial charge < -0.3 is 20.1 Å². The Kier molecular flexibility index (Phi) is 30.4. The average Bonchev–Trinajstić information content (AvgIpc) is 2.93. The van der Waals surface area contributed by atoms with Crippen molar-refractivity contribution in [3.8, 4) is 0 Å². The van der Waals surface area contributed by atoms with Gasteiger partial charge in [0.05, 0.1) is 19.6 Å². The number of carbonyl (C=O) groups is 3. The highest BCUT2D eigenvalue weighted by atomic mass is 33.1. The van der Waals surface area contributed by atoms with Gasteiger partial charge >= 0.3 is 11.9 Å². The predicted octanol–water partition coefficient (Wildman–Crippen LogP) is 7.00. The first-order valence-electron chi connectivity index (χ1n) is 15.2. The third kappa shape index (κ3) is 31.2. The van der Waals surface area contributed by atoms with Crippen molar-refractivity contribution < 1.29 is 23.9 Å². The molecule has 0 aliphatic heterocycles. The average molecular weight is 589 g/mol. The number of hydrogen-bond donors (Lipinski definition) is 2. The molecule has 0 bridgehead atoms. The third-order valence-electron chi connectivity index (χ3n) is 6.04. The lowest BCUT2D eigenvalue weighted by atomic mass is 10.1. The molecule has 7 nitrogen and oxygen atoms in total. The monoisotopic (exact) mass is 588 g/mol. The molecule has 0 spiro atoms. The minimum absolute atomic E-state index is 0.0607. The molecule has 0 aliphatic carbocycles. The van der Waals surface area contributed by atoms with Crippen molar-refractivity contribution in [2.24, 2.45) is 0 Å². The maximum Gasteiger partial charge on any atom is 0.306 e. The molecule has 0 aromatic carbocycles. The summed E-state index contributed by atoms with van der Waals surface area (Å²) in [5.41, 5.74) is 0. The topological polar surface area (TPSA) is 93.7 Å². The second kappa shape index (κ2) is 31.3. The number of esters is 2. The van der Waals surface area contributed by atoms with Crippen LogP contribution < -0.4 is 10.6 Å². The van der Waals surface area contributed by atoms with Gasteiger partial charge in [0, 0.05) is 43.9 Å². The van der Waals surface area contributed by atoms with Crippen LogP contribution in [0.4, 0.5) is 0 Å². The van der Waals surface area contributed by atoms with E-state index in [0.29, 0.717) is 19.4 Å². The van der Waals surface area contributed by atoms with Gasteiger partial charge in [0.25, 0.3) is 0 Å². The molecular formula is C30H56N2O5S2. The summed E-state index contributed by atoms with van der Waals surface area (Å²) < 4.78 is 10.3. The summed E-state index contributed by atoms with van der Waals surface area (Å²) in [6.45, 7) is 4.26. The standard InChI is InChI=1S/C30H56N2O5S2/c1-3-4-5-6-7-8-9-10-11-12-13-14-15-16-17-19-29(34)36-24-18-25-37-30(35)21-20-28(33)32-23-27-39-38-26-22-31-2/h10-11,31H,3-9,12-27H2,1-2H3,(H,32,33)/b11-10-. The Morgan fingerprint density at radius 2 is 1.18 bits per heavy atom. The second-order valence-corrected chi connectivity index (χ2v) is 12.4. The Labute approximate surface area is 246 Å². The van der Waals surface area contributed by atoms with Crippen LogP contribution in [0, 0.1) is 0 Å². The van der Waals surface area contributed by atoms with Gasteiger partial charge in [-0.15, -0.1) is 0 Å². The fraction of sp³-hybridized carbons (Fsp3) is 0.833. The predicted molar refractivity (Wildman–Crippen MR) is 167 cm³/mol. The smallest absolute Gasteiger partial charge is 0.306 e. The first kappa shape index (κ1) is 37.8. The van der Waals surface area contributed by atoms with Crippen molar-refractivity contribution in [3.63, 3.8) is 0 Å². The van der Waals surface area contributed by atoms with Crippen LogP contribution in [0.3, 0.4) is 0 Å². The van der Waals surface area contributed by atoms with Crippen molar-refractivity contribution in [1.29, 1.82) is 0 Å². The van der Waals surface area contributed by atoms with E-state index in [9.17, 15) is 14.4 Å². The third-order valence-corrected chi connectivity index (χ3v) is 8.45. The molecule has 2 N–H and O–H groups in total. The molecule has 0 atom stereocenters. The normalized spacial score (nSPS) is 11.1. The van der Waals surface area contributed by atoms with Gasteiger partial charge in [0.2, 0.25) is 5.91 Å². The van der Waals surface area contributed by atoms with Crippen molar-refractivity contribution >= 4 is 39.4 Å². The van der Waals surface area contributed by atoms with Crippen LogP contribution in [-0.2, 0) is 23.9 Å². The molecule has 0 rings (SSSR count). The largest absolute Gasteiger partial charge is 0.466 e. The molecule has 1 amide bonds. The number of amides is 1. The maximum absolute atomic E-state index is 11.8. The number of unbranched alkanes of at least 4 members (excludes halogenated alkanes) is 11. The molecule has 39 heavy (non-hydrogen) atoms. The Bertz CT molecular complexity index is 620. The summed E-state index contributed by atoms with van der Waals surface area (Å²) in [4.78, 5) is 35.4. The molecule has 0 aromatic rings. The molecule has 0 heterocycles. The summed E-state index contributed by atoms with van der Waals surface area (Å²) in [6.07, 6.45) is 21.8. The molecule has 0 aromatic heterocycles. The molecule has 0 saturated heterocycles. The number of ether oxygens (including phenoxy) is 2. The van der Waals surface area contributed by atoms with E-state index in [2.05, 4.69) is 29.7 Å². The number of allylic oxidation sites excluding steroid dienone is 2.